The second-order valence-corrected chi connectivity index (χ2v) is 11.7. The maximum Gasteiger partial charge on any atom is 1.00 e. The van der Waals surface area contributed by atoms with Crippen molar-refractivity contribution < 1.29 is 79.2 Å². The first-order chi connectivity index (χ1) is 24.6. The van der Waals surface area contributed by atoms with Gasteiger partial charge in [0.15, 0.2) is 0 Å². The molecule has 4 heterocycles. The number of phenolic OH excluding ortho intramolecular Hbond substituents is 1. The van der Waals surface area contributed by atoms with Gasteiger partial charge in [0, 0.05) is 22.4 Å². The van der Waals surface area contributed by atoms with Gasteiger partial charge < -0.3 is 30.0 Å². The average molecular weight is 829 g/mol. The molecule has 0 saturated heterocycles. The Labute approximate surface area is 373 Å². The predicted molar refractivity (Wildman–Crippen MR) is 199 cm³/mol. The smallest absolute Gasteiger partial charge is 0.871 e. The summed E-state index contributed by atoms with van der Waals surface area (Å²) in [6.07, 6.45) is 6.45. The first-order valence-corrected chi connectivity index (χ1v) is 16.4. The van der Waals surface area contributed by atoms with E-state index in [0.717, 1.165) is 22.1 Å². The molecule has 0 spiro atoms. The van der Waals surface area contributed by atoms with Crippen LogP contribution in [0.4, 0.5) is 0 Å². The maximum atomic E-state index is 10.5. The number of rotatable bonds is 2. The molecule has 8 rings (SSSR count). The van der Waals surface area contributed by atoms with Gasteiger partial charge in [-0.05, 0) is 48.5 Å². The first kappa shape index (κ1) is 45.9. The van der Waals surface area contributed by atoms with E-state index in [2.05, 4.69) is 29.9 Å². The largest absolute Gasteiger partial charge is 1.00 e. The zero-order valence-electron chi connectivity index (χ0n) is 28.1. The Balaban J connectivity index is 0.000000237. The quantitative estimate of drug-likeness (QED) is 0.175. The molecule has 0 fully saturated rings. The third-order valence-corrected chi connectivity index (χ3v) is 7.75. The molecule has 0 aliphatic rings. The normalized spacial score (nSPS) is 9.53. The topological polar surface area (TPSA) is 159 Å². The van der Waals surface area contributed by atoms with Crippen LogP contribution in [0.1, 0.15) is 0 Å². The zero-order chi connectivity index (χ0) is 36.6. The van der Waals surface area contributed by atoms with Crippen molar-refractivity contribution in [1.82, 2.24) is 29.9 Å². The Hall–Kier alpha value is -3.23. The summed E-state index contributed by atoms with van der Waals surface area (Å²) in [6, 6.07) is 30.4. The van der Waals surface area contributed by atoms with Crippen LogP contribution in [0.25, 0.3) is 22.1 Å². The summed E-state index contributed by atoms with van der Waals surface area (Å²) < 4.78 is 5.68. The minimum Gasteiger partial charge on any atom is -0.871 e. The summed E-state index contributed by atoms with van der Waals surface area (Å²) in [5.41, 5.74) is 1.52. The minimum atomic E-state index is -0.117. The number of ether oxygens (including phenoxy) is 1. The van der Waals surface area contributed by atoms with Crippen molar-refractivity contribution >= 4 is 80.1 Å². The van der Waals surface area contributed by atoms with E-state index >= 15 is 0 Å². The SMILES string of the molecule is Clc1ccccc1Oc1ncnc2[nH]ccc12.Clc1ncnc2[nH]ccc12.Oc1ccccc1Cl.[Na+].[Na+].[O-]c1ccccc1Cl.[O-]c1ccccc1Cl. The fourth-order valence-electron chi connectivity index (χ4n) is 3.74. The third kappa shape index (κ3) is 14.8. The number of para-hydroxylation sites is 4. The molecule has 0 atom stereocenters. The number of fused-ring (bicyclic) bond motifs is 2. The van der Waals surface area contributed by atoms with E-state index in [1.807, 2.05) is 24.3 Å². The fraction of sp³-hybridized carbons (Fsp3) is 0. The van der Waals surface area contributed by atoms with Crippen molar-refractivity contribution in [1.29, 1.82) is 0 Å². The van der Waals surface area contributed by atoms with Gasteiger partial charge in [-0.25, -0.2) is 19.9 Å². The van der Waals surface area contributed by atoms with Crippen LogP contribution >= 0.6 is 58.0 Å². The summed E-state index contributed by atoms with van der Waals surface area (Å²) in [5.74, 6) is 0.970. The van der Waals surface area contributed by atoms with Gasteiger partial charge in [0.1, 0.15) is 40.6 Å². The molecular formula is C36H25Cl5N6Na2O4. The number of hydrogen-bond donors (Lipinski definition) is 3. The number of phenols is 1. The summed E-state index contributed by atoms with van der Waals surface area (Å²) in [7, 11) is 0. The number of H-pyrrole nitrogens is 2. The fourth-order valence-corrected chi connectivity index (χ4v) is 4.52. The van der Waals surface area contributed by atoms with E-state index in [9.17, 15) is 10.2 Å². The van der Waals surface area contributed by atoms with E-state index in [0.29, 0.717) is 26.8 Å². The molecular weight excluding hydrogens is 804 g/mol. The molecule has 0 bridgehead atoms. The van der Waals surface area contributed by atoms with E-state index in [1.54, 1.807) is 85.2 Å². The molecule has 17 heteroatoms. The molecule has 10 nitrogen and oxygen atoms in total. The van der Waals surface area contributed by atoms with Gasteiger partial charge in [-0.1, -0.05) is 130 Å². The van der Waals surface area contributed by atoms with Crippen LogP contribution in [-0.4, -0.2) is 35.0 Å². The summed E-state index contributed by atoms with van der Waals surface area (Å²) >= 11 is 28.0. The second kappa shape index (κ2) is 24.2. The van der Waals surface area contributed by atoms with Gasteiger partial charge in [-0.3, -0.25) is 0 Å². The van der Waals surface area contributed by atoms with Gasteiger partial charge in [0.2, 0.25) is 5.88 Å². The monoisotopic (exact) mass is 826 g/mol. The Morgan fingerprint density at radius 2 is 0.962 bits per heavy atom. The second-order valence-electron chi connectivity index (χ2n) is 9.67. The number of aromatic amines is 2. The van der Waals surface area contributed by atoms with E-state index in [-0.39, 0.29) is 86.4 Å². The Kier molecular flexibility index (Phi) is 21.0. The van der Waals surface area contributed by atoms with E-state index in [4.69, 9.17) is 67.8 Å². The van der Waals surface area contributed by atoms with Crippen LogP contribution in [0.5, 0.6) is 28.9 Å². The molecule has 0 unspecified atom stereocenters. The number of aromatic nitrogens is 6. The van der Waals surface area contributed by atoms with Gasteiger partial charge in [0.25, 0.3) is 0 Å². The van der Waals surface area contributed by atoms with Crippen LogP contribution < -0.4 is 74.1 Å². The van der Waals surface area contributed by atoms with Crippen molar-refractivity contribution in [3.8, 4) is 28.9 Å². The van der Waals surface area contributed by atoms with Crippen molar-refractivity contribution in [2.24, 2.45) is 0 Å². The summed E-state index contributed by atoms with van der Waals surface area (Å²) in [6.45, 7) is 0. The van der Waals surface area contributed by atoms with Crippen molar-refractivity contribution in [2.45, 2.75) is 0 Å². The zero-order valence-corrected chi connectivity index (χ0v) is 35.8. The van der Waals surface area contributed by atoms with E-state index < -0.39 is 0 Å². The first-order valence-electron chi connectivity index (χ1n) is 14.5. The third-order valence-electron chi connectivity index (χ3n) is 6.19. The number of nitrogens with one attached hydrogen (secondary N) is 2. The Morgan fingerprint density at radius 1 is 0.509 bits per heavy atom. The molecule has 0 amide bonds. The number of benzene rings is 4. The van der Waals surface area contributed by atoms with Crippen molar-refractivity contribution in [2.75, 3.05) is 0 Å². The molecule has 0 saturated carbocycles. The molecule has 0 aliphatic carbocycles. The molecule has 4 aromatic heterocycles. The van der Waals surface area contributed by atoms with Crippen LogP contribution in [0.15, 0.2) is 134 Å². The Bertz CT molecular complexity index is 2130. The predicted octanol–water partition coefficient (Wildman–Crippen LogP) is 3.90. The van der Waals surface area contributed by atoms with Crippen LogP contribution in [0.3, 0.4) is 0 Å². The van der Waals surface area contributed by atoms with Gasteiger partial charge in [-0.15, -0.1) is 0 Å². The summed E-state index contributed by atoms with van der Waals surface area (Å²) in [5, 5.41) is 33.5. The molecule has 260 valence electrons. The number of hydrogen-bond acceptors (Lipinski definition) is 8. The molecule has 8 aromatic rings. The standard InChI is InChI=1S/C12H8ClN3O.C6H4ClN3.3C6H5ClO.2Na/c13-9-3-1-2-4-10(9)17-12-8-5-6-14-11(8)15-7-16-12;7-5-4-1-2-8-6(4)10-3-9-5;3*7-5-3-1-2-4-6(5)8;;/h1-7H,(H,14,15,16);1-3H,(H,8,9,10);3*1-4,8H;;/q;;;;;2*+1/p-2. The number of aromatic hydroxyl groups is 1. The number of nitrogens with zero attached hydrogens (tertiary/aromatic N) is 4. The van der Waals surface area contributed by atoms with Gasteiger partial charge in [0.05, 0.1) is 20.8 Å². The molecule has 4 aromatic carbocycles. The minimum absolute atomic E-state index is 0. The average Bonchev–Trinajstić information content (AvgIpc) is 3.83. The molecule has 3 N–H and O–H groups in total. The molecule has 53 heavy (non-hydrogen) atoms. The van der Waals surface area contributed by atoms with E-state index in [1.165, 1.54) is 24.8 Å². The summed E-state index contributed by atoms with van der Waals surface area (Å²) in [4.78, 5) is 21.9. The van der Waals surface area contributed by atoms with Crippen LogP contribution in [0.2, 0.25) is 25.2 Å². The van der Waals surface area contributed by atoms with Gasteiger partial charge >= 0.3 is 59.1 Å². The Morgan fingerprint density at radius 3 is 1.42 bits per heavy atom. The molecule has 0 aliphatic heterocycles. The van der Waals surface area contributed by atoms with Crippen LogP contribution in [-0.2, 0) is 0 Å². The molecule has 0 radical (unpaired) electrons. The van der Waals surface area contributed by atoms with Crippen LogP contribution in [0, 0.1) is 0 Å². The van der Waals surface area contributed by atoms with Gasteiger partial charge in [-0.2, -0.15) is 0 Å². The van der Waals surface area contributed by atoms with Crippen molar-refractivity contribution in [3.63, 3.8) is 0 Å². The van der Waals surface area contributed by atoms with Crippen molar-refractivity contribution in [3.05, 3.63) is 159 Å². The number of halogens is 5. The maximum absolute atomic E-state index is 10.5.